The predicted octanol–water partition coefficient (Wildman–Crippen LogP) is 6.17. The van der Waals surface area contributed by atoms with Crippen molar-refractivity contribution in [2.45, 2.75) is 80.0 Å². The Bertz CT molecular complexity index is 542. The molecule has 0 aliphatic rings. The van der Waals surface area contributed by atoms with Crippen LogP contribution >= 0.6 is 22.6 Å². The maximum absolute atomic E-state index is 11.0. The van der Waals surface area contributed by atoms with Crippen molar-refractivity contribution in [2.24, 2.45) is 0 Å². The SMILES string of the molecule is CCCCCCCCCCCC(I)c1ccc(S(=O)(=O)O)cc1.[Ca+2].[H-].[H-]. The standard InChI is InChI=1S/C18H29IO3S.Ca.2H/c1-2-3-4-5-6-7-8-9-10-11-18(19)16-12-14-17(15-13-16)23(20,21)22;;;/h12-15,18H,2-11H2,1H3,(H,20,21,22);;;/q;+2;2*-1. The molecule has 0 heterocycles. The molecule has 0 fully saturated rings. The van der Waals surface area contributed by atoms with Crippen LogP contribution in [0.25, 0.3) is 0 Å². The zero-order valence-electron chi connectivity index (χ0n) is 16.7. The second-order valence-electron chi connectivity index (χ2n) is 6.13. The van der Waals surface area contributed by atoms with E-state index in [1.807, 2.05) is 0 Å². The normalized spacial score (nSPS) is 12.6. The topological polar surface area (TPSA) is 54.4 Å². The van der Waals surface area contributed by atoms with Gasteiger partial charge in [-0.25, -0.2) is 0 Å². The summed E-state index contributed by atoms with van der Waals surface area (Å²) >= 11 is 2.41. The van der Waals surface area contributed by atoms with Gasteiger partial charge in [0.05, 0.1) is 4.90 Å². The predicted molar refractivity (Wildman–Crippen MR) is 113 cm³/mol. The molecule has 0 amide bonds. The van der Waals surface area contributed by atoms with Crippen molar-refractivity contribution >= 4 is 70.4 Å². The quantitative estimate of drug-likeness (QED) is 0.124. The van der Waals surface area contributed by atoms with Crippen molar-refractivity contribution in [2.75, 3.05) is 0 Å². The number of benzene rings is 1. The van der Waals surface area contributed by atoms with E-state index < -0.39 is 10.1 Å². The van der Waals surface area contributed by atoms with Crippen LogP contribution in [0.4, 0.5) is 0 Å². The summed E-state index contributed by atoms with van der Waals surface area (Å²) in [6.45, 7) is 2.25. The molecular weight excluding hydrogens is 463 g/mol. The van der Waals surface area contributed by atoms with E-state index in [1.54, 1.807) is 12.1 Å². The number of halogens is 1. The summed E-state index contributed by atoms with van der Waals surface area (Å²) in [5.41, 5.74) is 1.12. The fourth-order valence-corrected chi connectivity index (χ4v) is 3.99. The number of alkyl halides is 1. The molecule has 0 spiro atoms. The zero-order chi connectivity index (χ0) is 17.1. The van der Waals surface area contributed by atoms with Crippen LogP contribution < -0.4 is 0 Å². The molecule has 1 unspecified atom stereocenters. The number of rotatable bonds is 12. The molecule has 1 rings (SSSR count). The minimum Gasteiger partial charge on any atom is -1.00 e. The summed E-state index contributed by atoms with van der Waals surface area (Å²) < 4.78 is 31.4. The number of unbranched alkanes of at least 4 members (excludes halogenated alkanes) is 8. The Balaban J connectivity index is -0.00000176. The molecule has 1 aromatic rings. The Kier molecular flexibility index (Phi) is 14.9. The van der Waals surface area contributed by atoms with Crippen LogP contribution in [0.2, 0.25) is 0 Å². The molecule has 0 radical (unpaired) electrons. The second kappa shape index (κ2) is 14.2. The van der Waals surface area contributed by atoms with Gasteiger partial charge in [-0.3, -0.25) is 4.55 Å². The Hall–Kier alpha value is 1.12. The molecule has 3 nitrogen and oxygen atoms in total. The largest absolute Gasteiger partial charge is 2.00 e. The fraction of sp³-hybridized carbons (Fsp3) is 0.667. The van der Waals surface area contributed by atoms with E-state index in [4.69, 9.17) is 4.55 Å². The van der Waals surface area contributed by atoms with Crippen molar-refractivity contribution < 1.29 is 15.8 Å². The summed E-state index contributed by atoms with van der Waals surface area (Å²) in [6, 6.07) is 6.56. The van der Waals surface area contributed by atoms with Gasteiger partial charge in [-0.1, -0.05) is 99.4 Å². The number of hydrogen-bond donors (Lipinski definition) is 1. The van der Waals surface area contributed by atoms with Gasteiger partial charge >= 0.3 is 37.7 Å². The van der Waals surface area contributed by atoms with Crippen LogP contribution in [-0.2, 0) is 10.1 Å². The van der Waals surface area contributed by atoms with Gasteiger partial charge in [0.25, 0.3) is 10.1 Å². The molecular formula is C18H31CaIO3S. The number of hydrogen-bond acceptors (Lipinski definition) is 2. The van der Waals surface area contributed by atoms with E-state index in [9.17, 15) is 8.42 Å². The second-order valence-corrected chi connectivity index (χ2v) is 9.05. The summed E-state index contributed by atoms with van der Waals surface area (Å²) in [4.78, 5) is -0.0343. The van der Waals surface area contributed by atoms with E-state index >= 15 is 0 Å². The Morgan fingerprint density at radius 2 is 1.42 bits per heavy atom. The monoisotopic (exact) mass is 494 g/mol. The Morgan fingerprint density at radius 3 is 1.88 bits per heavy atom. The maximum atomic E-state index is 11.0. The summed E-state index contributed by atoms with van der Waals surface area (Å²) in [7, 11) is -4.08. The Morgan fingerprint density at radius 1 is 0.958 bits per heavy atom. The third-order valence-electron chi connectivity index (χ3n) is 4.10. The van der Waals surface area contributed by atoms with Crippen molar-refractivity contribution in [3.8, 4) is 0 Å². The molecule has 0 aliphatic heterocycles. The van der Waals surface area contributed by atoms with Crippen LogP contribution in [-0.4, -0.2) is 50.7 Å². The molecule has 0 aromatic heterocycles. The molecule has 0 bridgehead atoms. The minimum atomic E-state index is -4.08. The van der Waals surface area contributed by atoms with Crippen LogP contribution in [0.15, 0.2) is 29.2 Å². The van der Waals surface area contributed by atoms with E-state index in [0.717, 1.165) is 12.0 Å². The van der Waals surface area contributed by atoms with Gasteiger partial charge in [-0.2, -0.15) is 8.42 Å². The van der Waals surface area contributed by atoms with Crippen LogP contribution in [0.3, 0.4) is 0 Å². The third-order valence-corrected chi connectivity index (χ3v) is 6.31. The third kappa shape index (κ3) is 11.0. The van der Waals surface area contributed by atoms with Crippen molar-refractivity contribution in [3.05, 3.63) is 29.8 Å². The van der Waals surface area contributed by atoms with E-state index in [0.29, 0.717) is 3.92 Å². The van der Waals surface area contributed by atoms with Crippen LogP contribution in [0, 0.1) is 0 Å². The van der Waals surface area contributed by atoms with Gasteiger partial charge < -0.3 is 2.85 Å². The average molecular weight is 494 g/mol. The first-order chi connectivity index (χ1) is 10.9. The fourth-order valence-electron chi connectivity index (χ4n) is 2.65. The van der Waals surface area contributed by atoms with E-state index in [1.165, 1.54) is 69.9 Å². The van der Waals surface area contributed by atoms with E-state index in [2.05, 4.69) is 29.5 Å². The van der Waals surface area contributed by atoms with Gasteiger partial charge in [0.1, 0.15) is 0 Å². The summed E-state index contributed by atoms with van der Waals surface area (Å²) in [5.74, 6) is 0. The smallest absolute Gasteiger partial charge is 1.00 e. The van der Waals surface area contributed by atoms with Crippen LogP contribution in [0.1, 0.15) is 83.5 Å². The molecule has 1 atom stereocenters. The molecule has 1 aromatic carbocycles. The molecule has 0 saturated heterocycles. The molecule has 0 aliphatic carbocycles. The zero-order valence-corrected chi connectivity index (χ0v) is 19.9. The summed E-state index contributed by atoms with van der Waals surface area (Å²) in [5, 5.41) is 0. The first kappa shape index (κ1) is 25.1. The van der Waals surface area contributed by atoms with Crippen LogP contribution in [0.5, 0.6) is 0 Å². The molecule has 1 N–H and O–H groups in total. The van der Waals surface area contributed by atoms with Gasteiger partial charge in [0.2, 0.25) is 0 Å². The molecule has 136 valence electrons. The van der Waals surface area contributed by atoms with Gasteiger partial charge in [-0.05, 0) is 24.1 Å². The molecule has 24 heavy (non-hydrogen) atoms. The molecule has 0 saturated carbocycles. The van der Waals surface area contributed by atoms with Gasteiger partial charge in [0, 0.05) is 3.92 Å². The van der Waals surface area contributed by atoms with Crippen molar-refractivity contribution in [3.63, 3.8) is 0 Å². The van der Waals surface area contributed by atoms with E-state index in [-0.39, 0.29) is 45.5 Å². The van der Waals surface area contributed by atoms with Crippen molar-refractivity contribution in [1.82, 2.24) is 0 Å². The molecule has 6 heteroatoms. The minimum absolute atomic E-state index is 0. The summed E-state index contributed by atoms with van der Waals surface area (Å²) in [6.07, 6.45) is 13.1. The van der Waals surface area contributed by atoms with Gasteiger partial charge in [-0.15, -0.1) is 0 Å². The Labute approximate surface area is 194 Å². The average Bonchev–Trinajstić information content (AvgIpc) is 2.52. The first-order valence-electron chi connectivity index (χ1n) is 8.66. The first-order valence-corrected chi connectivity index (χ1v) is 11.3. The van der Waals surface area contributed by atoms with Crippen molar-refractivity contribution in [1.29, 1.82) is 0 Å². The maximum Gasteiger partial charge on any atom is 2.00 e. The van der Waals surface area contributed by atoms with Gasteiger partial charge in [0.15, 0.2) is 0 Å².